The number of hydrogen-bond donors (Lipinski definition) is 1. The second kappa shape index (κ2) is 9.73. The molecule has 6 heterocycles. The van der Waals surface area contributed by atoms with Crippen LogP contribution < -0.4 is 20.0 Å². The predicted octanol–water partition coefficient (Wildman–Crippen LogP) is 7.18. The Balaban J connectivity index is 1.36. The number of hydrogen-bond acceptors (Lipinski definition) is 9. The van der Waals surface area contributed by atoms with E-state index in [1.807, 2.05) is 18.2 Å². The molecule has 0 saturated carbocycles. The number of nitrogens with zero attached hydrogens (tertiary/aromatic N) is 2. The van der Waals surface area contributed by atoms with Crippen LogP contribution in [0, 0.1) is 11.3 Å². The number of carboxylic acid groups (broad SMARTS) is 1. The molecule has 4 aromatic rings. The van der Waals surface area contributed by atoms with Crippen molar-refractivity contribution < 1.29 is 23.8 Å². The van der Waals surface area contributed by atoms with E-state index in [0.717, 1.165) is 51.5 Å². The van der Waals surface area contributed by atoms with E-state index in [1.165, 1.54) is 40.0 Å². The Labute approximate surface area is 256 Å². The second-order valence-corrected chi connectivity index (χ2v) is 14.7. The molecule has 1 N–H and O–H groups in total. The van der Waals surface area contributed by atoms with Gasteiger partial charge < -0.3 is 23.9 Å². The van der Waals surface area contributed by atoms with Crippen LogP contribution in [0.3, 0.4) is 0 Å². The van der Waals surface area contributed by atoms with Crippen LogP contribution in [0.15, 0.2) is 39.1 Å². The van der Waals surface area contributed by atoms with E-state index >= 15 is 0 Å². The molecule has 10 heteroatoms. The normalized spacial score (nSPS) is 18.3. The molecule has 7 rings (SSSR count). The molecule has 0 spiro atoms. The SMILES string of the molecule is CC1(C)CCN2CCC(C)(C)c3c2c1cc1cc(-c2ccc(-c4sc(/C=C(\C#N)C(=O)O)c5c4OCCO5)s2)c(=O)oc31. The van der Waals surface area contributed by atoms with Gasteiger partial charge in [-0.25, -0.2) is 9.59 Å². The van der Waals surface area contributed by atoms with Crippen molar-refractivity contribution in [2.45, 2.75) is 51.4 Å². The molecule has 1 aromatic carbocycles. The molecule has 0 atom stereocenters. The second-order valence-electron chi connectivity index (χ2n) is 12.6. The van der Waals surface area contributed by atoms with E-state index in [2.05, 4.69) is 38.7 Å². The Morgan fingerprint density at radius 3 is 2.44 bits per heavy atom. The van der Waals surface area contributed by atoms with Crippen LogP contribution in [-0.2, 0) is 15.6 Å². The van der Waals surface area contributed by atoms with Gasteiger partial charge in [0.2, 0.25) is 0 Å². The van der Waals surface area contributed by atoms with Crippen LogP contribution in [0.2, 0.25) is 0 Å². The standard InChI is InChI=1S/C33H30N2O6S2/c1-32(2)7-9-35-10-8-33(3,4)24-25(35)20(32)14-17-13-19(31(38)41-26(17)24)21-5-6-22(42-21)29-28-27(39-11-12-40-28)23(43-29)15-18(16-34)30(36)37/h5-6,13-15H,7-12H2,1-4H3,(H,36,37)/b18-15+. The fourth-order valence-electron chi connectivity index (χ4n) is 6.43. The number of nitriles is 1. The summed E-state index contributed by atoms with van der Waals surface area (Å²) in [5, 5.41) is 19.6. The van der Waals surface area contributed by atoms with Crippen LogP contribution in [0.5, 0.6) is 11.5 Å². The first-order chi connectivity index (χ1) is 20.5. The molecule has 3 aliphatic rings. The number of ether oxygens (including phenoxy) is 2. The first-order valence-corrected chi connectivity index (χ1v) is 15.9. The van der Waals surface area contributed by atoms with Crippen molar-refractivity contribution in [3.8, 4) is 37.8 Å². The van der Waals surface area contributed by atoms with Gasteiger partial charge in [0.1, 0.15) is 30.4 Å². The zero-order chi connectivity index (χ0) is 30.3. The molecule has 0 bridgehead atoms. The van der Waals surface area contributed by atoms with Crippen molar-refractivity contribution in [2.75, 3.05) is 31.2 Å². The molecular formula is C33H30N2O6S2. The van der Waals surface area contributed by atoms with E-state index in [-0.39, 0.29) is 22.0 Å². The zero-order valence-electron chi connectivity index (χ0n) is 24.3. The van der Waals surface area contributed by atoms with Gasteiger partial charge in [-0.1, -0.05) is 27.7 Å². The van der Waals surface area contributed by atoms with Crippen molar-refractivity contribution in [3.05, 3.63) is 56.3 Å². The van der Waals surface area contributed by atoms with Crippen molar-refractivity contribution in [1.29, 1.82) is 5.26 Å². The molecule has 43 heavy (non-hydrogen) atoms. The van der Waals surface area contributed by atoms with Crippen LogP contribution in [-0.4, -0.2) is 37.4 Å². The van der Waals surface area contributed by atoms with Gasteiger partial charge in [-0.2, -0.15) is 5.26 Å². The maximum Gasteiger partial charge on any atom is 0.346 e. The lowest BCUT2D eigenvalue weighted by Crippen LogP contribution is -2.44. The monoisotopic (exact) mass is 614 g/mol. The van der Waals surface area contributed by atoms with Gasteiger partial charge in [0.25, 0.3) is 0 Å². The molecule has 0 aliphatic carbocycles. The van der Waals surface area contributed by atoms with Gasteiger partial charge >= 0.3 is 11.6 Å². The summed E-state index contributed by atoms with van der Waals surface area (Å²) in [7, 11) is 0. The number of carbonyl (C=O) groups is 1. The van der Waals surface area contributed by atoms with Gasteiger partial charge in [0, 0.05) is 39.5 Å². The topological polar surface area (TPSA) is 113 Å². The summed E-state index contributed by atoms with van der Waals surface area (Å²) >= 11 is 2.73. The summed E-state index contributed by atoms with van der Waals surface area (Å²) in [5.41, 5.74) is 3.97. The van der Waals surface area contributed by atoms with Crippen LogP contribution in [0.1, 0.15) is 56.5 Å². The smallest absolute Gasteiger partial charge is 0.346 e. The average molecular weight is 615 g/mol. The minimum absolute atomic E-state index is 0.00708. The first kappa shape index (κ1) is 27.7. The summed E-state index contributed by atoms with van der Waals surface area (Å²) in [6, 6.07) is 9.73. The minimum Gasteiger partial charge on any atom is -0.485 e. The molecule has 220 valence electrons. The fourth-order valence-corrected chi connectivity index (χ4v) is 8.68. The van der Waals surface area contributed by atoms with Crippen LogP contribution in [0.25, 0.3) is 37.2 Å². The molecule has 0 radical (unpaired) electrons. The Bertz CT molecular complexity index is 1970. The summed E-state index contributed by atoms with van der Waals surface area (Å²) in [6.45, 7) is 11.8. The lowest BCUT2D eigenvalue weighted by molar-refractivity contribution is -0.132. The van der Waals surface area contributed by atoms with E-state index in [0.29, 0.717) is 40.7 Å². The highest BCUT2D eigenvalue weighted by molar-refractivity contribution is 7.24. The number of rotatable bonds is 4. The van der Waals surface area contributed by atoms with Crippen LogP contribution in [0.4, 0.5) is 5.69 Å². The van der Waals surface area contributed by atoms with E-state index in [4.69, 9.17) is 13.9 Å². The Morgan fingerprint density at radius 2 is 1.72 bits per heavy atom. The third-order valence-electron chi connectivity index (χ3n) is 8.88. The molecule has 0 unspecified atom stereocenters. The van der Waals surface area contributed by atoms with E-state index in [9.17, 15) is 20.0 Å². The lowest BCUT2D eigenvalue weighted by Gasteiger charge is -2.48. The van der Waals surface area contributed by atoms with Crippen molar-refractivity contribution >= 4 is 51.4 Å². The fraction of sp³-hybridized carbons (Fsp3) is 0.364. The number of carboxylic acids is 1. The largest absolute Gasteiger partial charge is 0.485 e. The third-order valence-corrected chi connectivity index (χ3v) is 11.3. The minimum atomic E-state index is -1.31. The maximum absolute atomic E-state index is 13.6. The summed E-state index contributed by atoms with van der Waals surface area (Å²) in [5.74, 6) is -0.360. The number of benzene rings is 1. The first-order valence-electron chi connectivity index (χ1n) is 14.3. The van der Waals surface area contributed by atoms with Gasteiger partial charge in [-0.3, -0.25) is 0 Å². The summed E-state index contributed by atoms with van der Waals surface area (Å²) in [4.78, 5) is 30.4. The highest BCUT2D eigenvalue weighted by Crippen LogP contribution is 2.54. The van der Waals surface area contributed by atoms with Crippen molar-refractivity contribution in [1.82, 2.24) is 0 Å². The molecule has 8 nitrogen and oxygen atoms in total. The van der Waals surface area contributed by atoms with Gasteiger partial charge in [0.15, 0.2) is 11.5 Å². The molecular weight excluding hydrogens is 585 g/mol. The number of thiophene rings is 2. The average Bonchev–Trinajstić information content (AvgIpc) is 3.59. The molecule has 0 fully saturated rings. The molecule has 0 saturated heterocycles. The van der Waals surface area contributed by atoms with E-state index in [1.54, 1.807) is 6.07 Å². The van der Waals surface area contributed by atoms with Crippen molar-refractivity contribution in [3.63, 3.8) is 0 Å². The van der Waals surface area contributed by atoms with Crippen LogP contribution >= 0.6 is 22.7 Å². The number of aliphatic carboxylic acids is 1. The summed E-state index contributed by atoms with van der Waals surface area (Å²) < 4.78 is 18.0. The predicted molar refractivity (Wildman–Crippen MR) is 169 cm³/mol. The zero-order valence-corrected chi connectivity index (χ0v) is 26.0. The Morgan fingerprint density at radius 1 is 1.02 bits per heavy atom. The van der Waals surface area contributed by atoms with Gasteiger partial charge in [0.05, 0.1) is 15.3 Å². The number of fused-ring (bicyclic) bond motifs is 3. The summed E-state index contributed by atoms with van der Waals surface area (Å²) in [6.07, 6.45) is 3.38. The van der Waals surface area contributed by atoms with Crippen molar-refractivity contribution in [2.24, 2.45) is 0 Å². The third kappa shape index (κ3) is 4.36. The van der Waals surface area contributed by atoms with E-state index < -0.39 is 5.97 Å². The number of anilines is 1. The highest BCUT2D eigenvalue weighted by atomic mass is 32.1. The maximum atomic E-state index is 13.6. The Kier molecular flexibility index (Phi) is 6.28. The lowest BCUT2D eigenvalue weighted by atomic mass is 9.69. The highest BCUT2D eigenvalue weighted by Gasteiger charge is 2.42. The van der Waals surface area contributed by atoms with Gasteiger partial charge in [-0.05, 0) is 59.6 Å². The quantitative estimate of drug-likeness (QED) is 0.146. The Hall–Kier alpha value is -4.07. The van der Waals surface area contributed by atoms with Gasteiger partial charge in [-0.15, -0.1) is 22.7 Å². The molecule has 3 aliphatic heterocycles. The molecule has 3 aromatic heterocycles. The molecule has 0 amide bonds.